The molecule has 2 rings (SSSR count). The van der Waals surface area contributed by atoms with E-state index in [1.807, 2.05) is 30.5 Å². The molecule has 0 radical (unpaired) electrons. The van der Waals surface area contributed by atoms with E-state index in [-0.39, 0.29) is 0 Å². The number of anilines is 1. The molecule has 1 heterocycles. The van der Waals surface area contributed by atoms with Gasteiger partial charge in [-0.1, -0.05) is 11.6 Å². The largest absolute Gasteiger partial charge is 0.371 e. The van der Waals surface area contributed by atoms with Gasteiger partial charge in [-0.15, -0.1) is 0 Å². The van der Waals surface area contributed by atoms with Crippen molar-refractivity contribution in [2.45, 2.75) is 19.4 Å². The van der Waals surface area contributed by atoms with Gasteiger partial charge in [0.1, 0.15) is 0 Å². The first-order valence-corrected chi connectivity index (χ1v) is 6.48. The van der Waals surface area contributed by atoms with Crippen molar-refractivity contribution in [2.24, 2.45) is 5.73 Å². The number of benzene rings is 1. The lowest BCUT2D eigenvalue weighted by Gasteiger charge is -2.27. The van der Waals surface area contributed by atoms with Crippen LogP contribution >= 0.6 is 11.6 Å². The molecule has 1 atom stereocenters. The highest BCUT2D eigenvalue weighted by Gasteiger charge is 2.12. The van der Waals surface area contributed by atoms with Gasteiger partial charge in [0.05, 0.1) is 5.52 Å². The van der Waals surface area contributed by atoms with Crippen LogP contribution in [-0.2, 0) is 0 Å². The maximum absolute atomic E-state index is 5.99. The fraction of sp³-hybridized carbons (Fsp3) is 0.357. The molecule has 0 aliphatic carbocycles. The summed E-state index contributed by atoms with van der Waals surface area (Å²) in [6, 6.07) is 8.24. The van der Waals surface area contributed by atoms with E-state index >= 15 is 0 Å². The first-order valence-electron chi connectivity index (χ1n) is 6.10. The van der Waals surface area contributed by atoms with Crippen molar-refractivity contribution in [3.63, 3.8) is 0 Å². The van der Waals surface area contributed by atoms with Gasteiger partial charge < -0.3 is 10.6 Å². The van der Waals surface area contributed by atoms with Gasteiger partial charge in [0.2, 0.25) is 0 Å². The predicted octanol–water partition coefficient (Wildman–Crippen LogP) is 3.06. The van der Waals surface area contributed by atoms with Crippen LogP contribution in [0.3, 0.4) is 0 Å². The minimum absolute atomic E-state index is 0.399. The normalized spacial score (nSPS) is 12.7. The zero-order valence-corrected chi connectivity index (χ0v) is 11.5. The Labute approximate surface area is 113 Å². The molecule has 1 aromatic carbocycles. The van der Waals surface area contributed by atoms with Gasteiger partial charge in [-0.05, 0) is 44.2 Å². The third kappa shape index (κ3) is 2.57. The topological polar surface area (TPSA) is 42.1 Å². The number of nitrogens with zero attached hydrogens (tertiary/aromatic N) is 2. The Kier molecular flexibility index (Phi) is 4.04. The van der Waals surface area contributed by atoms with Crippen molar-refractivity contribution in [1.29, 1.82) is 0 Å². The lowest BCUT2D eigenvalue weighted by Crippen LogP contribution is -2.30. The molecular formula is C14H18ClN3. The smallest absolute Gasteiger partial charge is 0.0737 e. The number of hydrogen-bond acceptors (Lipinski definition) is 3. The molecule has 0 aliphatic heterocycles. The first kappa shape index (κ1) is 13.1. The molecule has 0 saturated carbocycles. The highest BCUT2D eigenvalue weighted by Crippen LogP contribution is 2.28. The van der Waals surface area contributed by atoms with Crippen molar-refractivity contribution in [3.8, 4) is 0 Å². The fourth-order valence-corrected chi connectivity index (χ4v) is 2.25. The molecule has 0 bridgehead atoms. The average Bonchev–Trinajstić information content (AvgIpc) is 2.37. The molecule has 96 valence electrons. The highest BCUT2D eigenvalue weighted by atomic mass is 35.5. The van der Waals surface area contributed by atoms with E-state index in [9.17, 15) is 0 Å². The summed E-state index contributed by atoms with van der Waals surface area (Å²) in [4.78, 5) is 6.60. The van der Waals surface area contributed by atoms with Crippen molar-refractivity contribution in [1.82, 2.24) is 4.98 Å². The summed E-state index contributed by atoms with van der Waals surface area (Å²) >= 11 is 5.99. The number of pyridine rings is 1. The van der Waals surface area contributed by atoms with Crippen molar-refractivity contribution in [2.75, 3.05) is 18.5 Å². The quantitative estimate of drug-likeness (QED) is 0.922. The lowest BCUT2D eigenvalue weighted by molar-refractivity contribution is 0.636. The number of fused-ring (bicyclic) bond motifs is 1. The Morgan fingerprint density at radius 3 is 2.89 bits per heavy atom. The van der Waals surface area contributed by atoms with Crippen LogP contribution in [-0.4, -0.2) is 24.6 Å². The van der Waals surface area contributed by atoms with E-state index in [0.29, 0.717) is 17.6 Å². The zero-order valence-electron chi connectivity index (χ0n) is 10.7. The lowest BCUT2D eigenvalue weighted by atomic mass is 10.1. The summed E-state index contributed by atoms with van der Waals surface area (Å²) in [5, 5.41) is 1.83. The molecule has 0 amide bonds. The van der Waals surface area contributed by atoms with E-state index in [0.717, 1.165) is 23.0 Å². The zero-order chi connectivity index (χ0) is 13.1. The highest BCUT2D eigenvalue weighted by molar-refractivity contribution is 6.31. The third-order valence-electron chi connectivity index (χ3n) is 3.31. The van der Waals surface area contributed by atoms with Gasteiger partial charge >= 0.3 is 0 Å². The van der Waals surface area contributed by atoms with Gasteiger partial charge in [0.15, 0.2) is 0 Å². The summed E-state index contributed by atoms with van der Waals surface area (Å²) in [5.74, 6) is 0. The Morgan fingerprint density at radius 1 is 1.39 bits per heavy atom. The monoisotopic (exact) mass is 263 g/mol. The molecule has 3 nitrogen and oxygen atoms in total. The van der Waals surface area contributed by atoms with E-state index in [1.165, 1.54) is 0 Å². The molecule has 18 heavy (non-hydrogen) atoms. The van der Waals surface area contributed by atoms with E-state index in [4.69, 9.17) is 17.3 Å². The first-order chi connectivity index (χ1) is 8.63. The minimum atomic E-state index is 0.399. The van der Waals surface area contributed by atoms with Crippen molar-refractivity contribution in [3.05, 3.63) is 35.5 Å². The molecule has 1 unspecified atom stereocenters. The number of aromatic nitrogens is 1. The van der Waals surface area contributed by atoms with Crippen LogP contribution in [0.15, 0.2) is 30.5 Å². The summed E-state index contributed by atoms with van der Waals surface area (Å²) in [6.07, 6.45) is 2.79. The number of hydrogen-bond donors (Lipinski definition) is 1. The third-order valence-corrected chi connectivity index (χ3v) is 3.54. The Hall–Kier alpha value is -1.32. The molecule has 2 aromatic rings. The molecule has 1 aromatic heterocycles. The van der Waals surface area contributed by atoms with Crippen LogP contribution in [0.2, 0.25) is 5.02 Å². The van der Waals surface area contributed by atoms with Gasteiger partial charge in [-0.25, -0.2) is 0 Å². The Balaban J connectivity index is 2.44. The second kappa shape index (κ2) is 5.55. The maximum atomic E-state index is 5.99. The van der Waals surface area contributed by atoms with E-state index in [1.54, 1.807) is 0 Å². The van der Waals surface area contributed by atoms with E-state index < -0.39 is 0 Å². The van der Waals surface area contributed by atoms with Crippen LogP contribution in [0.25, 0.3) is 10.9 Å². The van der Waals surface area contributed by atoms with Gasteiger partial charge in [0, 0.05) is 35.4 Å². The molecule has 4 heteroatoms. The van der Waals surface area contributed by atoms with Crippen molar-refractivity contribution < 1.29 is 0 Å². The standard InChI is InChI=1S/C14H18ClN3/c1-10(5-7-16)18(2)14-6-8-17-13-9-11(15)3-4-12(13)14/h3-4,6,8-10H,5,7,16H2,1-2H3. The van der Waals surface area contributed by atoms with Crippen LogP contribution in [0, 0.1) is 0 Å². The van der Waals surface area contributed by atoms with Gasteiger partial charge in [-0.3, -0.25) is 4.98 Å². The van der Waals surface area contributed by atoms with Gasteiger partial charge in [-0.2, -0.15) is 0 Å². The second-order valence-electron chi connectivity index (χ2n) is 4.53. The molecule has 0 fully saturated rings. The summed E-state index contributed by atoms with van der Waals surface area (Å²) in [6.45, 7) is 2.87. The minimum Gasteiger partial charge on any atom is -0.371 e. The average molecular weight is 264 g/mol. The molecule has 0 spiro atoms. The Morgan fingerprint density at radius 2 is 2.17 bits per heavy atom. The van der Waals surface area contributed by atoms with Crippen LogP contribution in [0.5, 0.6) is 0 Å². The number of rotatable bonds is 4. The molecule has 0 aliphatic rings. The number of nitrogens with two attached hydrogens (primary N) is 1. The van der Waals surface area contributed by atoms with Crippen LogP contribution in [0.1, 0.15) is 13.3 Å². The summed E-state index contributed by atoms with van der Waals surface area (Å²) in [5.41, 5.74) is 7.71. The molecule has 2 N–H and O–H groups in total. The van der Waals surface area contributed by atoms with Gasteiger partial charge in [0.25, 0.3) is 0 Å². The maximum Gasteiger partial charge on any atom is 0.0737 e. The molecule has 0 saturated heterocycles. The van der Waals surface area contributed by atoms with Crippen LogP contribution < -0.4 is 10.6 Å². The second-order valence-corrected chi connectivity index (χ2v) is 4.97. The fourth-order valence-electron chi connectivity index (χ4n) is 2.09. The van der Waals surface area contributed by atoms with Crippen LogP contribution in [0.4, 0.5) is 5.69 Å². The Bertz CT molecular complexity index is 542. The number of halogens is 1. The van der Waals surface area contributed by atoms with Crippen molar-refractivity contribution >= 4 is 28.2 Å². The summed E-state index contributed by atoms with van der Waals surface area (Å²) < 4.78 is 0. The predicted molar refractivity (Wildman–Crippen MR) is 78.3 cm³/mol. The SMILES string of the molecule is CC(CCN)N(C)c1ccnc2cc(Cl)ccc12. The molecular weight excluding hydrogens is 246 g/mol. The summed E-state index contributed by atoms with van der Waals surface area (Å²) in [7, 11) is 2.09. The van der Waals surface area contributed by atoms with E-state index in [2.05, 4.69) is 23.9 Å².